The van der Waals surface area contributed by atoms with Gasteiger partial charge in [0.1, 0.15) is 5.02 Å². The number of rotatable bonds is 4. The molecule has 0 aliphatic rings. The van der Waals surface area contributed by atoms with Gasteiger partial charge in [0.25, 0.3) is 5.56 Å². The van der Waals surface area contributed by atoms with E-state index in [2.05, 4.69) is 39.7 Å². The van der Waals surface area contributed by atoms with Crippen LogP contribution in [0.2, 0.25) is 5.02 Å². The van der Waals surface area contributed by atoms with Crippen LogP contribution in [0.5, 0.6) is 0 Å². The van der Waals surface area contributed by atoms with Gasteiger partial charge >= 0.3 is 0 Å². The molecule has 0 fully saturated rings. The summed E-state index contributed by atoms with van der Waals surface area (Å²) in [5.41, 5.74) is 0.724. The van der Waals surface area contributed by atoms with E-state index in [1.807, 2.05) is 0 Å². The molecule has 0 atom stereocenters. The fraction of sp³-hybridized carbons (Fsp3) is 0.750. The molecule has 17 heavy (non-hydrogen) atoms. The molecule has 0 aliphatic carbocycles. The molecule has 1 heterocycles. The fourth-order valence-corrected chi connectivity index (χ4v) is 2.46. The van der Waals surface area contributed by atoms with Gasteiger partial charge in [-0.15, -0.1) is 11.8 Å². The summed E-state index contributed by atoms with van der Waals surface area (Å²) in [6.45, 7) is 11.3. The normalized spacial score (nSPS) is 12.4. The van der Waals surface area contributed by atoms with E-state index in [1.165, 1.54) is 0 Å². The lowest BCUT2D eigenvalue weighted by Gasteiger charge is -2.16. The Morgan fingerprint density at radius 1 is 1.41 bits per heavy atom. The Bertz CT molecular complexity index is 429. The van der Waals surface area contributed by atoms with Crippen LogP contribution in [0.3, 0.4) is 0 Å². The second-order valence-corrected chi connectivity index (χ2v) is 7.80. The first-order valence-corrected chi connectivity index (χ1v) is 7.18. The molecule has 98 valence electrons. The van der Waals surface area contributed by atoms with Gasteiger partial charge in [-0.1, -0.05) is 46.2 Å². The smallest absolute Gasteiger partial charge is 0.285 e. The van der Waals surface area contributed by atoms with Crippen molar-refractivity contribution in [3.8, 4) is 0 Å². The summed E-state index contributed by atoms with van der Waals surface area (Å²) in [4.78, 5) is 11.8. The van der Waals surface area contributed by atoms with Gasteiger partial charge < -0.3 is 0 Å². The molecular weight excluding hydrogens is 256 g/mol. The van der Waals surface area contributed by atoms with Crippen molar-refractivity contribution in [1.82, 2.24) is 9.78 Å². The zero-order chi connectivity index (χ0) is 13.2. The minimum Gasteiger partial charge on any atom is -0.297 e. The Morgan fingerprint density at radius 2 is 2.00 bits per heavy atom. The second kappa shape index (κ2) is 5.53. The molecule has 1 aromatic heterocycles. The minimum absolute atomic E-state index is 0.107. The highest BCUT2D eigenvalue weighted by Crippen LogP contribution is 2.28. The van der Waals surface area contributed by atoms with Gasteiger partial charge in [-0.25, -0.2) is 0 Å². The van der Waals surface area contributed by atoms with Crippen molar-refractivity contribution < 1.29 is 0 Å². The number of halogens is 1. The van der Waals surface area contributed by atoms with Gasteiger partial charge in [0.15, 0.2) is 0 Å². The number of aromatic nitrogens is 2. The highest BCUT2D eigenvalue weighted by molar-refractivity contribution is 7.99. The average molecular weight is 277 g/mol. The molecule has 0 saturated heterocycles. The molecule has 3 nitrogen and oxygen atoms in total. The van der Waals surface area contributed by atoms with E-state index < -0.39 is 0 Å². The maximum absolute atomic E-state index is 11.8. The molecule has 0 unspecified atom stereocenters. The van der Waals surface area contributed by atoms with Gasteiger partial charge in [-0.05, 0) is 5.92 Å². The van der Waals surface area contributed by atoms with E-state index in [-0.39, 0.29) is 10.3 Å². The van der Waals surface area contributed by atoms with Crippen LogP contribution in [-0.4, -0.2) is 14.5 Å². The first-order valence-electron chi connectivity index (χ1n) is 5.82. The summed E-state index contributed by atoms with van der Waals surface area (Å²) in [6, 6.07) is 0. The Kier molecular flexibility index (Phi) is 4.78. The van der Waals surface area contributed by atoms with Gasteiger partial charge in [0, 0.05) is 17.0 Å². The Morgan fingerprint density at radius 3 is 2.47 bits per heavy atom. The van der Waals surface area contributed by atoms with E-state index in [0.717, 1.165) is 11.4 Å². The van der Waals surface area contributed by atoms with Crippen molar-refractivity contribution >= 4 is 23.4 Å². The topological polar surface area (TPSA) is 37.8 Å². The molecule has 0 aromatic carbocycles. The van der Waals surface area contributed by atoms with Crippen LogP contribution in [-0.2, 0) is 12.3 Å². The zero-order valence-corrected chi connectivity index (χ0v) is 12.7. The Labute approximate surface area is 112 Å². The Hall–Kier alpha value is -0.350. The van der Waals surface area contributed by atoms with Gasteiger partial charge in [0.05, 0.1) is 5.69 Å². The van der Waals surface area contributed by atoms with E-state index in [1.54, 1.807) is 16.4 Å². The molecule has 0 radical (unpaired) electrons. The molecule has 0 aliphatic heterocycles. The molecule has 0 amide bonds. The van der Waals surface area contributed by atoms with Crippen molar-refractivity contribution in [2.45, 2.75) is 51.7 Å². The maximum atomic E-state index is 11.8. The lowest BCUT2D eigenvalue weighted by Crippen LogP contribution is -2.19. The molecule has 5 heteroatoms. The van der Waals surface area contributed by atoms with Crippen LogP contribution in [0.1, 0.15) is 40.3 Å². The first-order chi connectivity index (χ1) is 7.70. The summed E-state index contributed by atoms with van der Waals surface area (Å²) in [5.74, 6) is 1.16. The summed E-state index contributed by atoms with van der Waals surface area (Å²) in [7, 11) is 0. The standard InChI is InChI=1S/C12H21ClN2OS/c1-8(2)6-15-11(16)10(13)9(14-15)7-17-12(3,4)5/h8,14H,6-7H2,1-5H3. The first kappa shape index (κ1) is 14.7. The minimum atomic E-state index is -0.107. The summed E-state index contributed by atoms with van der Waals surface area (Å²) in [6.07, 6.45) is 0. The lowest BCUT2D eigenvalue weighted by atomic mass is 10.2. The van der Waals surface area contributed by atoms with Crippen LogP contribution in [0, 0.1) is 5.92 Å². The Balaban J connectivity index is 2.84. The molecule has 1 aromatic rings. The summed E-state index contributed by atoms with van der Waals surface area (Å²) < 4.78 is 1.77. The van der Waals surface area contributed by atoms with E-state index in [0.29, 0.717) is 17.5 Å². The zero-order valence-electron chi connectivity index (χ0n) is 11.1. The number of H-pyrrole nitrogens is 1. The van der Waals surface area contributed by atoms with Crippen molar-refractivity contribution in [1.29, 1.82) is 0 Å². The predicted molar refractivity (Wildman–Crippen MR) is 75.9 cm³/mol. The average Bonchev–Trinajstić information content (AvgIpc) is 2.41. The van der Waals surface area contributed by atoms with Crippen LogP contribution in [0.15, 0.2) is 4.79 Å². The third-order valence-electron chi connectivity index (χ3n) is 2.17. The SMILES string of the molecule is CC(C)Cn1[nH]c(CSC(C)(C)C)c(Cl)c1=O. The third kappa shape index (κ3) is 4.43. The fourth-order valence-electron chi connectivity index (χ4n) is 1.39. The second-order valence-electron chi connectivity index (χ2n) is 5.61. The highest BCUT2D eigenvalue weighted by Gasteiger charge is 2.16. The van der Waals surface area contributed by atoms with Gasteiger partial charge in [0.2, 0.25) is 0 Å². The third-order valence-corrected chi connectivity index (χ3v) is 3.85. The van der Waals surface area contributed by atoms with Crippen LogP contribution >= 0.6 is 23.4 Å². The van der Waals surface area contributed by atoms with Gasteiger partial charge in [-0.2, -0.15) is 0 Å². The number of hydrogen-bond acceptors (Lipinski definition) is 2. The molecule has 0 spiro atoms. The van der Waals surface area contributed by atoms with Crippen LogP contribution in [0.4, 0.5) is 0 Å². The monoisotopic (exact) mass is 276 g/mol. The maximum Gasteiger partial charge on any atom is 0.285 e. The van der Waals surface area contributed by atoms with Crippen LogP contribution in [0.25, 0.3) is 0 Å². The number of nitrogens with zero attached hydrogens (tertiary/aromatic N) is 1. The van der Waals surface area contributed by atoms with Crippen molar-refractivity contribution in [2.24, 2.45) is 5.92 Å². The number of nitrogens with one attached hydrogen (secondary N) is 1. The van der Waals surface area contributed by atoms with Crippen molar-refractivity contribution in [3.63, 3.8) is 0 Å². The highest BCUT2D eigenvalue weighted by atomic mass is 35.5. The summed E-state index contributed by atoms with van der Waals surface area (Å²) in [5, 5.41) is 3.44. The van der Waals surface area contributed by atoms with Gasteiger partial charge in [-0.3, -0.25) is 14.6 Å². The summed E-state index contributed by atoms with van der Waals surface area (Å²) >= 11 is 7.82. The molecule has 1 rings (SSSR count). The predicted octanol–water partition coefficient (Wildman–Crippen LogP) is 3.52. The molecular formula is C12H21ClN2OS. The lowest BCUT2D eigenvalue weighted by molar-refractivity contribution is 0.471. The van der Waals surface area contributed by atoms with Crippen molar-refractivity contribution in [3.05, 3.63) is 21.1 Å². The molecule has 0 saturated carbocycles. The molecule has 1 N–H and O–H groups in total. The number of hydrogen-bond donors (Lipinski definition) is 1. The quantitative estimate of drug-likeness (QED) is 0.914. The van der Waals surface area contributed by atoms with E-state index in [4.69, 9.17) is 11.6 Å². The van der Waals surface area contributed by atoms with Crippen molar-refractivity contribution in [2.75, 3.05) is 0 Å². The number of aromatic amines is 1. The number of thioether (sulfide) groups is 1. The molecule has 0 bridgehead atoms. The van der Waals surface area contributed by atoms with Crippen LogP contribution < -0.4 is 5.56 Å². The van der Waals surface area contributed by atoms with E-state index in [9.17, 15) is 4.79 Å². The van der Waals surface area contributed by atoms with E-state index >= 15 is 0 Å². The largest absolute Gasteiger partial charge is 0.297 e.